The van der Waals surface area contributed by atoms with E-state index in [9.17, 15) is 9.59 Å². The van der Waals surface area contributed by atoms with Crippen LogP contribution in [-0.2, 0) is 22.4 Å². The normalized spacial score (nSPS) is 15.0. The molecule has 0 saturated carbocycles. The molecule has 0 bridgehead atoms. The van der Waals surface area contributed by atoms with Crippen molar-refractivity contribution >= 4 is 45.5 Å². The molecule has 1 unspecified atom stereocenters. The molecule has 6 nitrogen and oxygen atoms in total. The highest BCUT2D eigenvalue weighted by molar-refractivity contribution is 7.80. The molecule has 8 heteroatoms. The Hall–Kier alpha value is -2.45. The van der Waals surface area contributed by atoms with E-state index >= 15 is 0 Å². The van der Waals surface area contributed by atoms with Gasteiger partial charge in [0.25, 0.3) is 5.91 Å². The van der Waals surface area contributed by atoms with Crippen LogP contribution >= 0.6 is 23.6 Å². The number of hydrogen-bond donors (Lipinski definition) is 2. The number of benzene rings is 1. The van der Waals surface area contributed by atoms with Gasteiger partial charge in [0.05, 0.1) is 12.2 Å². The van der Waals surface area contributed by atoms with E-state index in [-0.39, 0.29) is 23.6 Å². The molecule has 1 aliphatic rings. The summed E-state index contributed by atoms with van der Waals surface area (Å²) in [7, 11) is 0. The minimum absolute atomic E-state index is 0.132. The van der Waals surface area contributed by atoms with Crippen molar-refractivity contribution in [3.63, 3.8) is 0 Å². The van der Waals surface area contributed by atoms with Crippen molar-refractivity contribution in [2.75, 3.05) is 18.5 Å². The van der Waals surface area contributed by atoms with Gasteiger partial charge in [-0.15, -0.1) is 11.3 Å². The summed E-state index contributed by atoms with van der Waals surface area (Å²) in [5.74, 6) is 0.906. The van der Waals surface area contributed by atoms with Crippen LogP contribution in [0.5, 0.6) is 5.75 Å². The average molecular weight is 489 g/mol. The van der Waals surface area contributed by atoms with Gasteiger partial charge in [0.2, 0.25) is 0 Å². The number of thiocarbonyl (C=S) groups is 1. The van der Waals surface area contributed by atoms with Gasteiger partial charge in [0.1, 0.15) is 10.8 Å². The van der Waals surface area contributed by atoms with E-state index < -0.39 is 0 Å². The zero-order valence-corrected chi connectivity index (χ0v) is 21.5. The molecule has 2 aromatic rings. The first-order valence-corrected chi connectivity index (χ1v) is 12.6. The number of thiophene rings is 1. The smallest absolute Gasteiger partial charge is 0.341 e. The summed E-state index contributed by atoms with van der Waals surface area (Å²) in [6.45, 7) is 10.5. The summed E-state index contributed by atoms with van der Waals surface area (Å²) in [6, 6.07) is 5.83. The summed E-state index contributed by atoms with van der Waals surface area (Å²) in [5, 5.41) is 6.44. The summed E-state index contributed by atoms with van der Waals surface area (Å²) in [4.78, 5) is 26.2. The molecule has 0 spiro atoms. The second-order valence-corrected chi connectivity index (χ2v) is 10.3. The molecule has 2 N–H and O–H groups in total. The van der Waals surface area contributed by atoms with Gasteiger partial charge in [0, 0.05) is 4.88 Å². The molecule has 1 heterocycles. The van der Waals surface area contributed by atoms with Gasteiger partial charge < -0.3 is 14.8 Å². The van der Waals surface area contributed by atoms with Gasteiger partial charge >= 0.3 is 5.97 Å². The first-order valence-electron chi connectivity index (χ1n) is 11.3. The SMILES string of the molecule is CCOC(=O)c1c(NC(=S)NC(=O)COc2ccc(C(C)C)c(C)c2)sc2c1CCC(C)C2. The van der Waals surface area contributed by atoms with Crippen molar-refractivity contribution in [2.45, 2.75) is 59.8 Å². The lowest BCUT2D eigenvalue weighted by molar-refractivity contribution is -0.121. The van der Waals surface area contributed by atoms with Crippen molar-refractivity contribution in [2.24, 2.45) is 5.92 Å². The quantitative estimate of drug-likeness (QED) is 0.403. The summed E-state index contributed by atoms with van der Waals surface area (Å²) in [5.41, 5.74) is 3.96. The largest absolute Gasteiger partial charge is 0.484 e. The summed E-state index contributed by atoms with van der Waals surface area (Å²) in [6.07, 6.45) is 2.80. The highest BCUT2D eigenvalue weighted by atomic mass is 32.1. The molecular formula is C25H32N2O4S2. The molecule has 1 atom stereocenters. The lowest BCUT2D eigenvalue weighted by Gasteiger charge is -2.18. The van der Waals surface area contributed by atoms with Gasteiger partial charge in [-0.2, -0.15) is 0 Å². The fourth-order valence-electron chi connectivity index (χ4n) is 4.09. The molecule has 0 aliphatic heterocycles. The number of carbonyl (C=O) groups is 2. The molecule has 0 saturated heterocycles. The van der Waals surface area contributed by atoms with E-state index in [0.29, 0.717) is 34.8 Å². The van der Waals surface area contributed by atoms with E-state index in [0.717, 1.165) is 30.4 Å². The van der Waals surface area contributed by atoms with E-state index in [1.807, 2.05) is 25.1 Å². The molecule has 1 aromatic carbocycles. The number of aryl methyl sites for hydroxylation is 1. The van der Waals surface area contributed by atoms with Crippen molar-refractivity contribution in [3.05, 3.63) is 45.3 Å². The second-order valence-electron chi connectivity index (χ2n) is 8.74. The van der Waals surface area contributed by atoms with E-state index in [2.05, 4.69) is 31.4 Å². The molecule has 178 valence electrons. The minimum atomic E-state index is -0.370. The molecular weight excluding hydrogens is 456 g/mol. The molecule has 1 aliphatic carbocycles. The predicted molar refractivity (Wildman–Crippen MR) is 137 cm³/mol. The highest BCUT2D eigenvalue weighted by Gasteiger charge is 2.29. The van der Waals surface area contributed by atoms with E-state index in [1.54, 1.807) is 6.92 Å². The zero-order chi connectivity index (χ0) is 24.1. The fourth-order valence-corrected chi connectivity index (χ4v) is 5.77. The minimum Gasteiger partial charge on any atom is -0.484 e. The Morgan fingerprint density at radius 2 is 2.06 bits per heavy atom. The Labute approximate surface area is 205 Å². The number of anilines is 1. The Kier molecular flexibility index (Phi) is 8.48. The zero-order valence-electron chi connectivity index (χ0n) is 19.9. The van der Waals surface area contributed by atoms with Gasteiger partial charge in [-0.1, -0.05) is 26.8 Å². The van der Waals surface area contributed by atoms with E-state index in [4.69, 9.17) is 21.7 Å². The molecule has 33 heavy (non-hydrogen) atoms. The van der Waals surface area contributed by atoms with Gasteiger partial charge in [0.15, 0.2) is 11.7 Å². The maximum Gasteiger partial charge on any atom is 0.341 e. The Morgan fingerprint density at radius 1 is 1.30 bits per heavy atom. The molecule has 0 fully saturated rings. The number of carbonyl (C=O) groups excluding carboxylic acids is 2. The number of fused-ring (bicyclic) bond motifs is 1. The molecule has 1 amide bonds. The molecule has 1 aromatic heterocycles. The maximum absolute atomic E-state index is 12.6. The number of hydrogen-bond acceptors (Lipinski definition) is 6. The lowest BCUT2D eigenvalue weighted by Crippen LogP contribution is -2.37. The maximum atomic E-state index is 12.6. The summed E-state index contributed by atoms with van der Waals surface area (Å²) >= 11 is 6.85. The summed E-state index contributed by atoms with van der Waals surface area (Å²) < 4.78 is 10.9. The average Bonchev–Trinajstić information content (AvgIpc) is 3.08. The number of rotatable bonds is 7. The van der Waals surface area contributed by atoms with Crippen LogP contribution in [0.2, 0.25) is 0 Å². The number of amides is 1. The third kappa shape index (κ3) is 6.32. The predicted octanol–water partition coefficient (Wildman–Crippen LogP) is 5.37. The van der Waals surface area contributed by atoms with Gasteiger partial charge in [-0.05, 0) is 86.0 Å². The van der Waals surface area contributed by atoms with Crippen LogP contribution in [0, 0.1) is 12.8 Å². The number of ether oxygens (including phenoxy) is 2. The van der Waals surface area contributed by atoms with Crippen LogP contribution in [0.3, 0.4) is 0 Å². The third-order valence-corrected chi connectivity index (χ3v) is 7.08. The fraction of sp³-hybridized carbons (Fsp3) is 0.480. The number of esters is 1. The monoisotopic (exact) mass is 488 g/mol. The van der Waals surface area contributed by atoms with Crippen LogP contribution in [0.15, 0.2) is 18.2 Å². The van der Waals surface area contributed by atoms with Gasteiger partial charge in [-0.25, -0.2) is 4.79 Å². The third-order valence-electron chi connectivity index (χ3n) is 5.70. The van der Waals surface area contributed by atoms with Crippen molar-refractivity contribution in [1.82, 2.24) is 5.32 Å². The van der Waals surface area contributed by atoms with Crippen LogP contribution in [0.1, 0.15) is 72.0 Å². The van der Waals surface area contributed by atoms with Crippen molar-refractivity contribution in [3.8, 4) is 5.75 Å². The molecule has 3 rings (SSSR count). The lowest BCUT2D eigenvalue weighted by atomic mass is 9.88. The standard InChI is InChI=1S/C25H32N2O4S2/c1-6-30-24(29)22-19-9-7-15(4)11-20(19)33-23(22)27-25(32)26-21(28)13-31-17-8-10-18(14(2)3)16(5)12-17/h8,10,12,14-15H,6-7,9,11,13H2,1-5H3,(H2,26,27,28,32). The van der Waals surface area contributed by atoms with Crippen molar-refractivity contribution < 1.29 is 19.1 Å². The van der Waals surface area contributed by atoms with Crippen LogP contribution < -0.4 is 15.4 Å². The first-order chi connectivity index (χ1) is 15.7. The topological polar surface area (TPSA) is 76.7 Å². The second kappa shape index (κ2) is 11.1. The van der Waals surface area contributed by atoms with E-state index in [1.165, 1.54) is 21.8 Å². The number of nitrogens with one attached hydrogen (secondary N) is 2. The van der Waals surface area contributed by atoms with Gasteiger partial charge in [-0.3, -0.25) is 10.1 Å². The first kappa shape index (κ1) is 25.2. The highest BCUT2D eigenvalue weighted by Crippen LogP contribution is 2.40. The Morgan fingerprint density at radius 3 is 2.73 bits per heavy atom. The van der Waals surface area contributed by atoms with Crippen LogP contribution in [-0.4, -0.2) is 30.2 Å². The Bertz CT molecular complexity index is 1050. The van der Waals surface area contributed by atoms with Crippen LogP contribution in [0.25, 0.3) is 0 Å². The van der Waals surface area contributed by atoms with Crippen molar-refractivity contribution in [1.29, 1.82) is 0 Å². The Balaban J connectivity index is 1.63. The molecule has 0 radical (unpaired) electrons. The van der Waals surface area contributed by atoms with Crippen LogP contribution in [0.4, 0.5) is 5.00 Å².